The Morgan fingerprint density at radius 2 is 2.00 bits per heavy atom. The van der Waals surface area contributed by atoms with Crippen LogP contribution in [-0.2, 0) is 10.5 Å². The molecule has 4 aliphatic carbocycles. The number of ketones is 1. The lowest BCUT2D eigenvalue weighted by atomic mass is 9.47. The molecule has 4 aliphatic heterocycles. The molecule has 10 unspecified atom stereocenters. The maximum absolute atomic E-state index is 14.6. The fourth-order valence-electron chi connectivity index (χ4n) is 12.2. The maximum atomic E-state index is 14.6. The third-order valence-electron chi connectivity index (χ3n) is 14.3. The number of nitrogens with two attached hydrogens (primary N) is 1. The lowest BCUT2D eigenvalue weighted by molar-refractivity contribution is -0.125. The normalized spacial score (nSPS) is 43.0. The summed E-state index contributed by atoms with van der Waals surface area (Å²) in [5.41, 5.74) is 11.8. The second kappa shape index (κ2) is 13.1. The zero-order valence-electron chi connectivity index (χ0n) is 27.6. The number of rotatable bonds is 4. The van der Waals surface area contributed by atoms with Gasteiger partial charge in [0.05, 0.1) is 5.54 Å². The van der Waals surface area contributed by atoms with Gasteiger partial charge in [0.25, 0.3) is 0 Å². The van der Waals surface area contributed by atoms with Crippen molar-refractivity contribution in [3.05, 3.63) is 46.5 Å². The number of aliphatic imine (C=N–C) groups is 1. The number of guanidine groups is 1. The molecule has 1 aromatic carbocycles. The third-order valence-corrected chi connectivity index (χ3v) is 19.2. The van der Waals surface area contributed by atoms with Crippen molar-refractivity contribution in [1.29, 1.82) is 0 Å². The number of fused-ring (bicyclic) bond motifs is 4. The SMILES string of the molecule is CC12CCSSCC34NC(N)=NCC3C3CCC4C(CSSCc4cccc3c4)CC3=C4CC1CC(CO)C(CCCO)C42CC3=O. The minimum atomic E-state index is -0.182. The molecule has 0 radical (unpaired) electrons. The molecule has 2 spiro atoms. The van der Waals surface area contributed by atoms with Gasteiger partial charge in [0.2, 0.25) is 0 Å². The number of hydrogen-bond donors (Lipinski definition) is 4. The van der Waals surface area contributed by atoms with Gasteiger partial charge in [-0.2, -0.15) is 0 Å². The van der Waals surface area contributed by atoms with Crippen LogP contribution in [0.1, 0.15) is 81.8 Å². The fraction of sp³-hybridized carbons (Fsp3) is 0.730. The topological polar surface area (TPSA) is 108 Å². The molecule has 9 rings (SSSR count). The van der Waals surface area contributed by atoms with Gasteiger partial charge in [0, 0.05) is 60.5 Å². The molecule has 1 aromatic rings. The summed E-state index contributed by atoms with van der Waals surface area (Å²) in [4.78, 5) is 19.5. The summed E-state index contributed by atoms with van der Waals surface area (Å²) in [6, 6.07) is 9.34. The Kier molecular flexibility index (Phi) is 9.29. The van der Waals surface area contributed by atoms with Gasteiger partial charge in [0.1, 0.15) is 0 Å². The number of hydrogen-bond acceptors (Lipinski definition) is 10. The van der Waals surface area contributed by atoms with E-state index in [-0.39, 0.29) is 41.4 Å². The number of Topliss-reactive ketones (excluding diaryl/α,β-unsaturated/α-hetero) is 1. The number of allylic oxidation sites excluding steroid dienone is 2. The first-order valence-corrected chi connectivity index (χ1v) is 23.0. The summed E-state index contributed by atoms with van der Waals surface area (Å²) in [6.45, 7) is 3.63. The van der Waals surface area contributed by atoms with Gasteiger partial charge in [-0.25, -0.2) is 0 Å². The van der Waals surface area contributed by atoms with E-state index < -0.39 is 0 Å². The van der Waals surface area contributed by atoms with Crippen LogP contribution < -0.4 is 11.1 Å². The summed E-state index contributed by atoms with van der Waals surface area (Å²) in [5, 5.41) is 24.6. The van der Waals surface area contributed by atoms with Crippen LogP contribution in [0.4, 0.5) is 0 Å². The number of benzene rings is 1. The Morgan fingerprint density at radius 3 is 2.85 bits per heavy atom. The number of aliphatic hydroxyl groups excluding tert-OH is 2. The van der Waals surface area contributed by atoms with Crippen LogP contribution in [0.2, 0.25) is 0 Å². The van der Waals surface area contributed by atoms with Crippen molar-refractivity contribution in [3.63, 3.8) is 0 Å². The van der Waals surface area contributed by atoms with E-state index in [2.05, 4.69) is 36.5 Å². The second-order valence-electron chi connectivity index (χ2n) is 15.9. The molecule has 4 heterocycles. The lowest BCUT2D eigenvalue weighted by Gasteiger charge is -2.57. The Bertz CT molecular complexity index is 1460. The van der Waals surface area contributed by atoms with Crippen LogP contribution in [0.25, 0.3) is 0 Å². The average molecular weight is 714 g/mol. The molecule has 0 aromatic heterocycles. The van der Waals surface area contributed by atoms with E-state index in [1.807, 2.05) is 43.2 Å². The number of nitrogens with one attached hydrogen (secondary N) is 1. The van der Waals surface area contributed by atoms with Crippen LogP contribution in [0.3, 0.4) is 0 Å². The standard InChI is InChI=1S/C37H51N3O3S4/c1-35-9-11-44-47-21-37-30-8-7-27(32(37)17-39-34(38)40-37)23-5-2-4-22(12-23)19-45-46-20-25(30)14-28-31-15-26(35)13-24(18-42)29(6-3-10-41)36(31,35)16-33(28)43/h2,4-5,12,24-27,29-30,32,41-42H,3,6-11,13-21H2,1H3,(H3,38,39,40). The number of carbonyl (C=O) groups is 1. The first-order chi connectivity index (χ1) is 22.8. The van der Waals surface area contributed by atoms with E-state index >= 15 is 0 Å². The van der Waals surface area contributed by atoms with E-state index in [4.69, 9.17) is 10.7 Å². The smallest absolute Gasteiger partial charge is 0.189 e. The van der Waals surface area contributed by atoms with Gasteiger partial charge >= 0.3 is 0 Å². The van der Waals surface area contributed by atoms with Gasteiger partial charge in [-0.15, -0.1) is 0 Å². The zero-order chi connectivity index (χ0) is 32.4. The summed E-state index contributed by atoms with van der Waals surface area (Å²) in [5.74, 6) is 7.54. The third kappa shape index (κ3) is 5.22. The molecule has 5 N–H and O–H groups in total. The van der Waals surface area contributed by atoms with Crippen molar-refractivity contribution in [2.75, 3.05) is 37.0 Å². The minimum absolute atomic E-state index is 0.0366. The molecule has 8 aliphatic rings. The number of carbonyl (C=O) groups excluding carboxylic acids is 1. The van der Waals surface area contributed by atoms with Gasteiger partial charge < -0.3 is 21.3 Å². The van der Waals surface area contributed by atoms with Crippen molar-refractivity contribution in [3.8, 4) is 0 Å². The highest BCUT2D eigenvalue weighted by atomic mass is 33.1. The largest absolute Gasteiger partial charge is 0.396 e. The van der Waals surface area contributed by atoms with Crippen LogP contribution in [0.15, 0.2) is 40.4 Å². The molecule has 256 valence electrons. The predicted octanol–water partition coefficient (Wildman–Crippen LogP) is 6.82. The quantitative estimate of drug-likeness (QED) is 0.250. The summed E-state index contributed by atoms with van der Waals surface area (Å²) < 4.78 is 0. The molecule has 3 fully saturated rings. The van der Waals surface area contributed by atoms with Gasteiger partial charge in [-0.3, -0.25) is 9.79 Å². The minimum Gasteiger partial charge on any atom is -0.396 e. The monoisotopic (exact) mass is 713 g/mol. The Labute approximate surface area is 296 Å². The highest BCUT2D eigenvalue weighted by Crippen LogP contribution is 2.75. The Balaban J connectivity index is 1.26. The van der Waals surface area contributed by atoms with E-state index in [0.717, 1.165) is 86.5 Å². The summed E-state index contributed by atoms with van der Waals surface area (Å²) >= 11 is 0. The summed E-state index contributed by atoms with van der Waals surface area (Å²) in [7, 11) is 8.04. The van der Waals surface area contributed by atoms with E-state index in [9.17, 15) is 15.0 Å². The Hall–Kier alpha value is -0.780. The van der Waals surface area contributed by atoms with Gasteiger partial charge in [-0.05, 0) is 109 Å². The van der Waals surface area contributed by atoms with Crippen LogP contribution in [-0.4, -0.2) is 64.5 Å². The van der Waals surface area contributed by atoms with Crippen LogP contribution in [0.5, 0.6) is 0 Å². The van der Waals surface area contributed by atoms with Crippen molar-refractivity contribution in [2.24, 2.45) is 57.1 Å². The first-order valence-electron chi connectivity index (χ1n) is 18.0. The zero-order valence-corrected chi connectivity index (χ0v) is 30.9. The number of nitrogens with zero attached hydrogens (tertiary/aromatic N) is 1. The van der Waals surface area contributed by atoms with Crippen LogP contribution >= 0.6 is 43.2 Å². The van der Waals surface area contributed by atoms with Crippen molar-refractivity contribution in [1.82, 2.24) is 5.32 Å². The molecular weight excluding hydrogens is 663 g/mol. The lowest BCUT2D eigenvalue weighted by Crippen LogP contribution is -2.69. The molecule has 10 heteroatoms. The van der Waals surface area contributed by atoms with E-state index in [1.165, 1.54) is 16.7 Å². The molecular formula is C37H51N3O3S4. The maximum Gasteiger partial charge on any atom is 0.189 e. The molecule has 10 atom stereocenters. The van der Waals surface area contributed by atoms with E-state index in [1.54, 1.807) is 0 Å². The molecule has 0 amide bonds. The molecule has 11 bridgehead atoms. The fourth-order valence-corrected chi connectivity index (χ4v) is 17.5. The van der Waals surface area contributed by atoms with Gasteiger partial charge in [0.15, 0.2) is 11.7 Å². The molecule has 47 heavy (non-hydrogen) atoms. The molecule has 3 saturated carbocycles. The number of aliphatic hydroxyl groups is 2. The first kappa shape index (κ1) is 33.4. The predicted molar refractivity (Wildman–Crippen MR) is 199 cm³/mol. The highest BCUT2D eigenvalue weighted by Gasteiger charge is 2.70. The van der Waals surface area contributed by atoms with E-state index in [0.29, 0.717) is 47.8 Å². The van der Waals surface area contributed by atoms with Gasteiger partial charge in [-0.1, -0.05) is 79.9 Å². The molecule has 0 saturated heterocycles. The Morgan fingerprint density at radius 1 is 1.11 bits per heavy atom. The van der Waals surface area contributed by atoms with Crippen LogP contribution in [0, 0.1) is 46.3 Å². The van der Waals surface area contributed by atoms with Crippen molar-refractivity contribution in [2.45, 2.75) is 81.9 Å². The highest BCUT2D eigenvalue weighted by molar-refractivity contribution is 8.76. The second-order valence-corrected chi connectivity index (χ2v) is 21.0. The van der Waals surface area contributed by atoms with Crippen molar-refractivity contribution >= 4 is 54.9 Å². The average Bonchev–Trinajstić information content (AvgIpc) is 3.39. The molecule has 6 nitrogen and oxygen atoms in total. The summed E-state index contributed by atoms with van der Waals surface area (Å²) in [6.07, 6.45) is 8.52. The van der Waals surface area contributed by atoms with Crippen molar-refractivity contribution < 1.29 is 15.0 Å².